The minimum Gasteiger partial charge on any atom is -0.436 e. The summed E-state index contributed by atoms with van der Waals surface area (Å²) in [5, 5.41) is 2.61. The molecule has 0 fully saturated rings. The molecule has 2 aromatic carbocycles. The number of hydrogen-bond acceptors (Lipinski definition) is 5. The Hall–Kier alpha value is -2.33. The summed E-state index contributed by atoms with van der Waals surface area (Å²) in [6, 6.07) is 11.2. The van der Waals surface area contributed by atoms with Crippen LogP contribution in [0.3, 0.4) is 0 Å². The Morgan fingerprint density at radius 1 is 1.09 bits per heavy atom. The van der Waals surface area contributed by atoms with E-state index in [1.165, 1.54) is 0 Å². The van der Waals surface area contributed by atoms with Gasteiger partial charge in [-0.2, -0.15) is 4.99 Å². The number of aliphatic imine (C=N–C) groups is 1. The number of aryl methyl sites for hydroxylation is 2. The average molecular weight is 342 g/mol. The maximum Gasteiger partial charge on any atom is 0.258 e. The number of thiocarbonyl (C=S) groups is 1. The van der Waals surface area contributed by atoms with Gasteiger partial charge < -0.3 is 4.74 Å². The topological polar surface area (TPSA) is 47.4 Å². The molecule has 23 heavy (non-hydrogen) atoms. The molecule has 0 aliphatic rings. The van der Waals surface area contributed by atoms with Gasteiger partial charge in [0.1, 0.15) is 5.75 Å². The summed E-state index contributed by atoms with van der Waals surface area (Å²) in [5.74, 6) is 0.894. The SMILES string of the molecule is Cc1cc(Oc2nc3ccccc3nc2Cl)cc(C)c1N=C=S. The molecule has 0 bridgehead atoms. The van der Waals surface area contributed by atoms with Gasteiger partial charge in [-0.3, -0.25) is 0 Å². The molecule has 0 N–H and O–H groups in total. The standard InChI is InChI=1S/C17H12ClN3OS/c1-10-7-12(8-11(2)15(10)19-9-23)22-17-16(18)20-13-5-3-4-6-14(13)21-17/h3-8H,1-2H3. The summed E-state index contributed by atoms with van der Waals surface area (Å²) in [4.78, 5) is 12.8. The zero-order chi connectivity index (χ0) is 16.4. The Kier molecular flexibility index (Phi) is 4.35. The van der Waals surface area contributed by atoms with E-state index in [0.717, 1.165) is 27.8 Å². The van der Waals surface area contributed by atoms with Crippen LogP contribution in [-0.2, 0) is 0 Å². The van der Waals surface area contributed by atoms with Crippen LogP contribution in [0.5, 0.6) is 11.6 Å². The van der Waals surface area contributed by atoms with Crippen LogP contribution < -0.4 is 4.74 Å². The van der Waals surface area contributed by atoms with Gasteiger partial charge in [-0.1, -0.05) is 23.7 Å². The molecule has 0 saturated carbocycles. The third-order valence-electron chi connectivity index (χ3n) is 3.34. The molecule has 0 aliphatic carbocycles. The minimum absolute atomic E-state index is 0.222. The van der Waals surface area contributed by atoms with E-state index < -0.39 is 0 Å². The first-order valence-corrected chi connectivity index (χ1v) is 7.66. The van der Waals surface area contributed by atoms with E-state index in [-0.39, 0.29) is 11.0 Å². The number of halogens is 1. The lowest BCUT2D eigenvalue weighted by molar-refractivity contribution is 0.462. The number of benzene rings is 2. The molecule has 3 rings (SSSR count). The lowest BCUT2D eigenvalue weighted by Gasteiger charge is -2.10. The van der Waals surface area contributed by atoms with Crippen molar-refractivity contribution in [3.8, 4) is 11.6 Å². The van der Waals surface area contributed by atoms with Crippen molar-refractivity contribution in [2.24, 2.45) is 4.99 Å². The van der Waals surface area contributed by atoms with Crippen molar-refractivity contribution in [1.29, 1.82) is 0 Å². The fourth-order valence-corrected chi connectivity index (χ4v) is 2.60. The summed E-state index contributed by atoms with van der Waals surface area (Å²) < 4.78 is 5.82. The number of ether oxygens (including phenoxy) is 1. The molecule has 0 amide bonds. The zero-order valence-electron chi connectivity index (χ0n) is 12.5. The summed E-state index contributed by atoms with van der Waals surface area (Å²) in [6.45, 7) is 3.86. The Morgan fingerprint density at radius 2 is 1.70 bits per heavy atom. The number of fused-ring (bicyclic) bond motifs is 1. The largest absolute Gasteiger partial charge is 0.436 e. The third kappa shape index (κ3) is 3.22. The molecule has 0 radical (unpaired) electrons. The molecule has 0 spiro atoms. The molecule has 1 aromatic heterocycles. The highest BCUT2D eigenvalue weighted by Crippen LogP contribution is 2.33. The van der Waals surface area contributed by atoms with E-state index in [9.17, 15) is 0 Å². The van der Waals surface area contributed by atoms with Gasteiger partial charge in [0.15, 0.2) is 5.15 Å². The number of para-hydroxylation sites is 2. The lowest BCUT2D eigenvalue weighted by Crippen LogP contribution is -1.94. The molecule has 0 atom stereocenters. The molecular formula is C17H12ClN3OS. The monoisotopic (exact) mass is 341 g/mol. The van der Waals surface area contributed by atoms with Crippen LogP contribution in [0.4, 0.5) is 5.69 Å². The minimum atomic E-state index is 0.222. The molecule has 0 unspecified atom stereocenters. The van der Waals surface area contributed by atoms with E-state index in [2.05, 4.69) is 32.3 Å². The molecule has 0 saturated heterocycles. The maximum absolute atomic E-state index is 6.17. The maximum atomic E-state index is 6.17. The number of hydrogen-bond donors (Lipinski definition) is 0. The normalized spacial score (nSPS) is 10.4. The first-order valence-electron chi connectivity index (χ1n) is 6.88. The Morgan fingerprint density at radius 3 is 2.30 bits per heavy atom. The van der Waals surface area contributed by atoms with Crippen LogP contribution in [0.15, 0.2) is 41.4 Å². The molecular weight excluding hydrogens is 330 g/mol. The highest BCUT2D eigenvalue weighted by Gasteiger charge is 2.11. The average Bonchev–Trinajstić information content (AvgIpc) is 2.52. The quantitative estimate of drug-likeness (QED) is 0.471. The van der Waals surface area contributed by atoms with E-state index in [0.29, 0.717) is 5.75 Å². The van der Waals surface area contributed by atoms with Crippen molar-refractivity contribution < 1.29 is 4.74 Å². The highest BCUT2D eigenvalue weighted by molar-refractivity contribution is 7.78. The fraction of sp³-hybridized carbons (Fsp3) is 0.118. The van der Waals surface area contributed by atoms with Crippen molar-refractivity contribution in [2.45, 2.75) is 13.8 Å². The lowest BCUT2D eigenvalue weighted by atomic mass is 10.1. The first-order chi connectivity index (χ1) is 11.1. The molecule has 1 heterocycles. The smallest absolute Gasteiger partial charge is 0.258 e. The third-order valence-corrected chi connectivity index (χ3v) is 3.67. The number of nitrogens with zero attached hydrogens (tertiary/aromatic N) is 3. The van der Waals surface area contributed by atoms with Gasteiger partial charge in [0.25, 0.3) is 5.88 Å². The van der Waals surface area contributed by atoms with E-state index >= 15 is 0 Å². The predicted octanol–water partition coefficient (Wildman–Crippen LogP) is 5.43. The molecule has 3 aromatic rings. The van der Waals surface area contributed by atoms with Gasteiger partial charge in [-0.15, -0.1) is 0 Å². The van der Waals surface area contributed by atoms with Crippen molar-refractivity contribution in [3.05, 3.63) is 52.7 Å². The molecule has 6 heteroatoms. The van der Waals surface area contributed by atoms with Gasteiger partial charge in [0.2, 0.25) is 0 Å². The van der Waals surface area contributed by atoms with Gasteiger partial charge in [-0.05, 0) is 61.5 Å². The van der Waals surface area contributed by atoms with E-state index in [1.54, 1.807) is 0 Å². The van der Waals surface area contributed by atoms with Gasteiger partial charge >= 0.3 is 0 Å². The van der Waals surface area contributed by atoms with Crippen molar-refractivity contribution in [3.63, 3.8) is 0 Å². The second kappa shape index (κ2) is 6.42. The van der Waals surface area contributed by atoms with Crippen LogP contribution in [0, 0.1) is 13.8 Å². The van der Waals surface area contributed by atoms with Crippen LogP contribution in [0.25, 0.3) is 11.0 Å². The summed E-state index contributed by atoms with van der Waals surface area (Å²) in [6.07, 6.45) is 0. The predicted molar refractivity (Wildman–Crippen MR) is 95.2 cm³/mol. The molecule has 4 nitrogen and oxygen atoms in total. The van der Waals surface area contributed by atoms with Gasteiger partial charge in [0.05, 0.1) is 21.9 Å². The van der Waals surface area contributed by atoms with Crippen LogP contribution >= 0.6 is 23.8 Å². The highest BCUT2D eigenvalue weighted by atomic mass is 35.5. The van der Waals surface area contributed by atoms with Crippen LogP contribution in [0.1, 0.15) is 11.1 Å². The van der Waals surface area contributed by atoms with Crippen molar-refractivity contribution in [2.75, 3.05) is 0 Å². The van der Waals surface area contributed by atoms with Crippen molar-refractivity contribution in [1.82, 2.24) is 9.97 Å². The van der Waals surface area contributed by atoms with Crippen molar-refractivity contribution >= 4 is 45.7 Å². The fourth-order valence-electron chi connectivity index (χ4n) is 2.34. The zero-order valence-corrected chi connectivity index (χ0v) is 14.1. The number of isothiocyanates is 1. The van der Waals surface area contributed by atoms with Crippen LogP contribution in [0.2, 0.25) is 5.15 Å². The number of aromatic nitrogens is 2. The summed E-state index contributed by atoms with van der Waals surface area (Å²) >= 11 is 10.8. The summed E-state index contributed by atoms with van der Waals surface area (Å²) in [5.41, 5.74) is 4.11. The Bertz CT molecular complexity index is 929. The Balaban J connectivity index is 2.02. The summed E-state index contributed by atoms with van der Waals surface area (Å²) in [7, 11) is 0. The first kappa shape index (κ1) is 15.6. The van der Waals surface area contributed by atoms with E-state index in [1.807, 2.05) is 50.2 Å². The van der Waals surface area contributed by atoms with Gasteiger partial charge in [0, 0.05) is 0 Å². The molecule has 114 valence electrons. The van der Waals surface area contributed by atoms with Gasteiger partial charge in [-0.25, -0.2) is 9.97 Å². The molecule has 0 aliphatic heterocycles. The second-order valence-corrected chi connectivity index (χ2v) is 5.56. The number of rotatable bonds is 3. The van der Waals surface area contributed by atoms with Crippen LogP contribution in [-0.4, -0.2) is 15.1 Å². The Labute approximate surface area is 143 Å². The van der Waals surface area contributed by atoms with E-state index in [4.69, 9.17) is 16.3 Å². The second-order valence-electron chi connectivity index (χ2n) is 5.02.